The van der Waals surface area contributed by atoms with Crippen LogP contribution in [0.5, 0.6) is 0 Å². The molecule has 5 nitrogen and oxygen atoms in total. The second kappa shape index (κ2) is 7.32. The standard InChI is InChI=1S/C13H18N2O3/c1-10(9-12(16)17)15-13(18)14-8-7-11-5-3-2-4-6-11/h2-6,10H,7-9H2,1H3,(H,16,17)(H2,14,15,18). The lowest BCUT2D eigenvalue weighted by atomic mass is 10.1. The zero-order valence-electron chi connectivity index (χ0n) is 10.3. The van der Waals surface area contributed by atoms with Crippen LogP contribution in [0, 0.1) is 0 Å². The van der Waals surface area contributed by atoms with E-state index < -0.39 is 5.97 Å². The third-order valence-corrected chi connectivity index (χ3v) is 2.40. The van der Waals surface area contributed by atoms with Crippen molar-refractivity contribution in [3.8, 4) is 0 Å². The Balaban J connectivity index is 2.19. The molecule has 0 fully saturated rings. The highest BCUT2D eigenvalue weighted by Gasteiger charge is 2.09. The quantitative estimate of drug-likeness (QED) is 0.714. The van der Waals surface area contributed by atoms with Crippen molar-refractivity contribution in [1.82, 2.24) is 10.6 Å². The number of urea groups is 1. The van der Waals surface area contributed by atoms with Gasteiger partial charge in [-0.1, -0.05) is 30.3 Å². The fraction of sp³-hybridized carbons (Fsp3) is 0.385. The Morgan fingerprint density at radius 3 is 2.56 bits per heavy atom. The van der Waals surface area contributed by atoms with Crippen LogP contribution in [0.15, 0.2) is 30.3 Å². The summed E-state index contributed by atoms with van der Waals surface area (Å²) in [6.07, 6.45) is 0.674. The van der Waals surface area contributed by atoms with Gasteiger partial charge in [0.2, 0.25) is 0 Å². The molecule has 1 unspecified atom stereocenters. The maximum absolute atomic E-state index is 11.4. The number of benzene rings is 1. The summed E-state index contributed by atoms with van der Waals surface area (Å²) >= 11 is 0. The van der Waals surface area contributed by atoms with Crippen LogP contribution in [0.3, 0.4) is 0 Å². The minimum absolute atomic E-state index is 0.0773. The van der Waals surface area contributed by atoms with Gasteiger partial charge in [0.25, 0.3) is 0 Å². The molecule has 0 radical (unpaired) electrons. The van der Waals surface area contributed by atoms with Crippen molar-refractivity contribution in [2.24, 2.45) is 0 Å². The summed E-state index contributed by atoms with van der Waals surface area (Å²) in [5.74, 6) is -0.924. The number of rotatable bonds is 6. The largest absolute Gasteiger partial charge is 0.481 e. The molecule has 18 heavy (non-hydrogen) atoms. The Labute approximate surface area is 106 Å². The minimum Gasteiger partial charge on any atom is -0.481 e. The molecule has 0 aliphatic rings. The van der Waals surface area contributed by atoms with E-state index in [2.05, 4.69) is 10.6 Å². The number of carbonyl (C=O) groups excluding carboxylic acids is 1. The first-order chi connectivity index (χ1) is 8.58. The van der Waals surface area contributed by atoms with Gasteiger partial charge in [-0.3, -0.25) is 4.79 Å². The smallest absolute Gasteiger partial charge is 0.315 e. The molecule has 0 aliphatic carbocycles. The molecule has 0 saturated heterocycles. The van der Waals surface area contributed by atoms with Gasteiger partial charge in [0.15, 0.2) is 0 Å². The van der Waals surface area contributed by atoms with Crippen LogP contribution in [0.2, 0.25) is 0 Å². The van der Waals surface area contributed by atoms with Crippen LogP contribution in [-0.2, 0) is 11.2 Å². The van der Waals surface area contributed by atoms with Gasteiger partial charge in [-0.2, -0.15) is 0 Å². The zero-order chi connectivity index (χ0) is 13.4. The first kappa shape index (κ1) is 14.0. The number of carbonyl (C=O) groups is 2. The van der Waals surface area contributed by atoms with Crippen LogP contribution >= 0.6 is 0 Å². The van der Waals surface area contributed by atoms with Gasteiger partial charge in [-0.25, -0.2) is 4.79 Å². The Morgan fingerprint density at radius 2 is 1.94 bits per heavy atom. The molecule has 1 atom stereocenters. The monoisotopic (exact) mass is 250 g/mol. The average Bonchev–Trinajstić information content (AvgIpc) is 2.29. The molecule has 0 bridgehead atoms. The predicted octanol–water partition coefficient (Wildman–Crippen LogP) is 1.39. The number of hydrogen-bond acceptors (Lipinski definition) is 2. The molecule has 5 heteroatoms. The molecule has 1 rings (SSSR count). The molecule has 2 amide bonds. The van der Waals surface area contributed by atoms with Gasteiger partial charge in [0, 0.05) is 12.6 Å². The molecule has 3 N–H and O–H groups in total. The maximum atomic E-state index is 11.4. The number of carboxylic acid groups (broad SMARTS) is 1. The van der Waals surface area contributed by atoms with Crippen molar-refractivity contribution >= 4 is 12.0 Å². The first-order valence-electron chi connectivity index (χ1n) is 5.88. The first-order valence-corrected chi connectivity index (χ1v) is 5.88. The molecule has 0 saturated carbocycles. The average molecular weight is 250 g/mol. The molecule has 1 aromatic rings. The minimum atomic E-state index is -0.924. The second-order valence-electron chi connectivity index (χ2n) is 4.13. The van der Waals surface area contributed by atoms with Gasteiger partial charge < -0.3 is 15.7 Å². The number of nitrogens with one attached hydrogen (secondary N) is 2. The van der Waals surface area contributed by atoms with Gasteiger partial charge in [-0.15, -0.1) is 0 Å². The Morgan fingerprint density at radius 1 is 1.28 bits per heavy atom. The van der Waals surface area contributed by atoms with Crippen molar-refractivity contribution in [1.29, 1.82) is 0 Å². The number of hydrogen-bond donors (Lipinski definition) is 3. The van der Waals surface area contributed by atoms with Crippen molar-refractivity contribution in [2.45, 2.75) is 25.8 Å². The molecule has 0 aliphatic heterocycles. The van der Waals surface area contributed by atoms with E-state index in [1.165, 1.54) is 0 Å². The normalized spacial score (nSPS) is 11.6. The van der Waals surface area contributed by atoms with Crippen LogP contribution in [0.4, 0.5) is 4.79 Å². The lowest BCUT2D eigenvalue weighted by molar-refractivity contribution is -0.137. The van der Waals surface area contributed by atoms with Crippen molar-refractivity contribution in [3.63, 3.8) is 0 Å². The van der Waals surface area contributed by atoms with Crippen molar-refractivity contribution in [2.75, 3.05) is 6.54 Å². The van der Waals surface area contributed by atoms with Crippen LogP contribution in [0.25, 0.3) is 0 Å². The van der Waals surface area contributed by atoms with E-state index in [0.29, 0.717) is 6.54 Å². The second-order valence-corrected chi connectivity index (χ2v) is 4.13. The van der Waals surface area contributed by atoms with Crippen molar-refractivity contribution in [3.05, 3.63) is 35.9 Å². The van der Waals surface area contributed by atoms with Gasteiger partial charge in [0.05, 0.1) is 6.42 Å². The summed E-state index contributed by atoms with van der Waals surface area (Å²) in [5.41, 5.74) is 1.15. The van der Waals surface area contributed by atoms with Gasteiger partial charge >= 0.3 is 12.0 Å². The van der Waals surface area contributed by atoms with Crippen LogP contribution in [0.1, 0.15) is 18.9 Å². The molecule has 1 aromatic carbocycles. The molecule has 98 valence electrons. The highest BCUT2D eigenvalue weighted by atomic mass is 16.4. The summed E-state index contributed by atoms with van der Waals surface area (Å²) in [4.78, 5) is 21.8. The fourth-order valence-electron chi connectivity index (χ4n) is 1.55. The molecular formula is C13H18N2O3. The lowest BCUT2D eigenvalue weighted by Crippen LogP contribution is -2.42. The van der Waals surface area contributed by atoms with Gasteiger partial charge in [0.1, 0.15) is 0 Å². The number of aliphatic carboxylic acids is 1. The Hall–Kier alpha value is -2.04. The Kier molecular flexibility index (Phi) is 5.70. The van der Waals surface area contributed by atoms with Crippen LogP contribution in [-0.4, -0.2) is 29.7 Å². The highest BCUT2D eigenvalue weighted by Crippen LogP contribution is 1.98. The summed E-state index contributed by atoms with van der Waals surface area (Å²) in [5, 5.41) is 13.8. The van der Waals surface area contributed by atoms with E-state index in [9.17, 15) is 9.59 Å². The summed E-state index contributed by atoms with van der Waals surface area (Å²) < 4.78 is 0. The summed E-state index contributed by atoms with van der Waals surface area (Å²) in [6.45, 7) is 2.18. The van der Waals surface area contributed by atoms with E-state index >= 15 is 0 Å². The van der Waals surface area contributed by atoms with Gasteiger partial charge in [-0.05, 0) is 18.9 Å². The Bertz CT molecular complexity index is 392. The van der Waals surface area contributed by atoms with E-state index in [-0.39, 0.29) is 18.5 Å². The third kappa shape index (κ3) is 5.89. The van der Waals surface area contributed by atoms with Crippen molar-refractivity contribution < 1.29 is 14.7 Å². The lowest BCUT2D eigenvalue weighted by Gasteiger charge is -2.12. The number of carboxylic acids is 1. The zero-order valence-corrected chi connectivity index (χ0v) is 10.3. The topological polar surface area (TPSA) is 78.4 Å². The maximum Gasteiger partial charge on any atom is 0.315 e. The van der Waals surface area contributed by atoms with E-state index in [0.717, 1.165) is 12.0 Å². The van der Waals surface area contributed by atoms with E-state index in [1.54, 1.807) is 6.92 Å². The number of amides is 2. The summed E-state index contributed by atoms with van der Waals surface area (Å²) in [6, 6.07) is 9.12. The summed E-state index contributed by atoms with van der Waals surface area (Å²) in [7, 11) is 0. The predicted molar refractivity (Wildman–Crippen MR) is 68.4 cm³/mol. The SMILES string of the molecule is CC(CC(=O)O)NC(=O)NCCc1ccccc1. The fourth-order valence-corrected chi connectivity index (χ4v) is 1.55. The molecule has 0 spiro atoms. The van der Waals surface area contributed by atoms with E-state index in [1.807, 2.05) is 30.3 Å². The van der Waals surface area contributed by atoms with Crippen LogP contribution < -0.4 is 10.6 Å². The molecular weight excluding hydrogens is 232 g/mol. The third-order valence-electron chi connectivity index (χ3n) is 2.40. The molecule has 0 aromatic heterocycles. The van der Waals surface area contributed by atoms with E-state index in [4.69, 9.17) is 5.11 Å². The molecule has 0 heterocycles. The highest BCUT2D eigenvalue weighted by molar-refractivity contribution is 5.75.